The number of phenolic OH excluding ortho intramolecular Hbond substituents is 1. The van der Waals surface area contributed by atoms with Gasteiger partial charge in [0.15, 0.2) is 0 Å². The molecule has 0 aliphatic carbocycles. The Morgan fingerprint density at radius 1 is 1.21 bits per heavy atom. The molecule has 1 aliphatic rings. The van der Waals surface area contributed by atoms with Gasteiger partial charge < -0.3 is 25.5 Å². The molecule has 1 heterocycles. The van der Waals surface area contributed by atoms with Crippen LogP contribution in [0.3, 0.4) is 0 Å². The number of benzene rings is 2. The van der Waals surface area contributed by atoms with Crippen LogP contribution < -0.4 is 5.32 Å². The molecule has 10 heteroatoms. The number of carboxylic acid groups (broad SMARTS) is 1. The summed E-state index contributed by atoms with van der Waals surface area (Å²) in [5, 5.41) is 31.9. The van der Waals surface area contributed by atoms with E-state index in [1.807, 2.05) is 0 Å². The predicted molar refractivity (Wildman–Crippen MR) is 117 cm³/mol. The molecular formula is C23H24ClFN2O6. The van der Waals surface area contributed by atoms with Crippen molar-refractivity contribution in [3.63, 3.8) is 0 Å². The van der Waals surface area contributed by atoms with Gasteiger partial charge in [-0.15, -0.1) is 11.6 Å². The third-order valence-corrected chi connectivity index (χ3v) is 6.20. The molecule has 4 N–H and O–H groups in total. The Hall–Kier alpha value is -3.17. The van der Waals surface area contributed by atoms with Crippen molar-refractivity contribution in [2.75, 3.05) is 6.54 Å². The van der Waals surface area contributed by atoms with Crippen molar-refractivity contribution >= 4 is 29.4 Å². The maximum absolute atomic E-state index is 13.8. The highest BCUT2D eigenvalue weighted by atomic mass is 35.5. The molecule has 2 unspecified atom stereocenters. The summed E-state index contributed by atoms with van der Waals surface area (Å²) in [5.41, 5.74) is -2.02. The van der Waals surface area contributed by atoms with Gasteiger partial charge in [0.1, 0.15) is 17.6 Å². The highest BCUT2D eigenvalue weighted by Crippen LogP contribution is 2.33. The fraction of sp³-hybridized carbons (Fsp3) is 0.348. The number of aliphatic carboxylic acids is 1. The van der Waals surface area contributed by atoms with Crippen LogP contribution in [0.1, 0.15) is 34.3 Å². The third kappa shape index (κ3) is 4.79. The molecule has 1 fully saturated rings. The average molecular weight is 479 g/mol. The average Bonchev–Trinajstić information content (AvgIpc) is 3.03. The number of carbonyl (C=O) groups excluding carboxylic acids is 2. The number of phenols is 1. The molecule has 0 spiro atoms. The zero-order valence-electron chi connectivity index (χ0n) is 17.8. The number of aryl methyl sites for hydroxylation is 1. The van der Waals surface area contributed by atoms with Gasteiger partial charge in [-0.1, -0.05) is 24.3 Å². The summed E-state index contributed by atoms with van der Waals surface area (Å²) in [7, 11) is 0. The van der Waals surface area contributed by atoms with Crippen molar-refractivity contribution in [3.8, 4) is 5.75 Å². The molecule has 3 rings (SSSR count). The zero-order valence-corrected chi connectivity index (χ0v) is 18.6. The molecule has 8 nitrogen and oxygen atoms in total. The first-order valence-corrected chi connectivity index (χ1v) is 10.7. The Balaban J connectivity index is 1.75. The molecule has 176 valence electrons. The Morgan fingerprint density at radius 3 is 2.58 bits per heavy atom. The van der Waals surface area contributed by atoms with E-state index in [0.717, 1.165) is 4.90 Å². The highest BCUT2D eigenvalue weighted by Gasteiger charge is 2.60. The number of carbonyl (C=O) groups is 3. The van der Waals surface area contributed by atoms with Crippen molar-refractivity contribution in [1.82, 2.24) is 10.2 Å². The first-order valence-electron chi connectivity index (χ1n) is 10.3. The minimum absolute atomic E-state index is 0.0706. The minimum Gasteiger partial charge on any atom is -0.508 e. The largest absolute Gasteiger partial charge is 0.508 e. The number of nitrogens with zero attached hydrogens (tertiary/aromatic N) is 1. The molecule has 0 radical (unpaired) electrons. The third-order valence-electron chi connectivity index (χ3n) is 5.81. The van der Waals surface area contributed by atoms with Crippen LogP contribution in [-0.2, 0) is 16.0 Å². The summed E-state index contributed by atoms with van der Waals surface area (Å²) >= 11 is 6.27. The Morgan fingerprint density at radius 2 is 1.91 bits per heavy atom. The summed E-state index contributed by atoms with van der Waals surface area (Å²) in [5.74, 6) is -3.72. The van der Waals surface area contributed by atoms with Gasteiger partial charge in [-0.3, -0.25) is 9.59 Å². The van der Waals surface area contributed by atoms with E-state index in [4.69, 9.17) is 11.6 Å². The van der Waals surface area contributed by atoms with E-state index in [1.54, 1.807) is 18.2 Å². The van der Waals surface area contributed by atoms with Crippen molar-refractivity contribution < 1.29 is 34.1 Å². The number of rotatable bonds is 7. The second kappa shape index (κ2) is 9.76. The number of carboxylic acids is 1. The molecule has 1 saturated heterocycles. The lowest BCUT2D eigenvalue weighted by molar-refractivity contribution is -0.185. The Labute approximate surface area is 194 Å². The van der Waals surface area contributed by atoms with E-state index in [9.17, 15) is 34.1 Å². The zero-order chi connectivity index (χ0) is 24.3. The van der Waals surface area contributed by atoms with Gasteiger partial charge in [0.05, 0.1) is 5.38 Å². The molecule has 2 amide bonds. The molecule has 0 saturated carbocycles. The van der Waals surface area contributed by atoms with Crippen molar-refractivity contribution in [2.24, 2.45) is 0 Å². The molecule has 3 atom stereocenters. The Kier molecular flexibility index (Phi) is 7.24. The van der Waals surface area contributed by atoms with Crippen molar-refractivity contribution in [3.05, 3.63) is 65.0 Å². The molecule has 2 aromatic rings. The fourth-order valence-electron chi connectivity index (χ4n) is 3.93. The van der Waals surface area contributed by atoms with Gasteiger partial charge in [0, 0.05) is 24.1 Å². The maximum Gasteiger partial charge on any atom is 0.359 e. The van der Waals surface area contributed by atoms with E-state index >= 15 is 0 Å². The minimum atomic E-state index is -2.78. The summed E-state index contributed by atoms with van der Waals surface area (Å²) in [6.45, 7) is 1.19. The smallest absolute Gasteiger partial charge is 0.359 e. The van der Waals surface area contributed by atoms with Crippen LogP contribution in [0.15, 0.2) is 42.5 Å². The highest BCUT2D eigenvalue weighted by molar-refractivity contribution is 6.22. The van der Waals surface area contributed by atoms with E-state index in [-0.39, 0.29) is 42.7 Å². The molecule has 2 aromatic carbocycles. The van der Waals surface area contributed by atoms with Crippen LogP contribution in [0.2, 0.25) is 0 Å². The molecule has 1 aliphatic heterocycles. The van der Waals surface area contributed by atoms with E-state index in [0.29, 0.717) is 5.56 Å². The molecule has 33 heavy (non-hydrogen) atoms. The second-order valence-electron chi connectivity index (χ2n) is 7.90. The number of alkyl halides is 1. The summed E-state index contributed by atoms with van der Waals surface area (Å²) in [6, 6.07) is 8.86. The molecule has 0 bridgehead atoms. The number of halogens is 2. The normalized spacial score (nSPS) is 22.2. The standard InChI is InChI=1S/C23H24ClFN2O6/c1-13-15(8-5-10-18(13)28)21(30)26-20-16(24)12-27(23(20,33)22(31)32)19(29)11-4-7-14-6-2-3-9-17(14)25/h2-3,5-6,8-10,16,20,28,33H,4,7,11-12H2,1H3,(H,26,30)(H,31,32)/t16?,20?,23-/m1/s1. The predicted octanol–water partition coefficient (Wildman–Crippen LogP) is 2.18. The number of aliphatic hydroxyl groups is 1. The fourth-order valence-corrected chi connectivity index (χ4v) is 4.30. The quantitative estimate of drug-likeness (QED) is 0.452. The maximum atomic E-state index is 13.8. The van der Waals surface area contributed by atoms with Gasteiger partial charge in [0.25, 0.3) is 11.6 Å². The van der Waals surface area contributed by atoms with Crippen LogP contribution in [0.25, 0.3) is 0 Å². The lowest BCUT2D eigenvalue weighted by Gasteiger charge is -2.34. The number of likely N-dealkylation sites (tertiary alicyclic amines) is 1. The van der Waals surface area contributed by atoms with Gasteiger partial charge in [-0.25, -0.2) is 9.18 Å². The lowest BCUT2D eigenvalue weighted by atomic mass is 10.0. The van der Waals surface area contributed by atoms with Crippen LogP contribution >= 0.6 is 11.6 Å². The number of amides is 2. The Bertz CT molecular complexity index is 1080. The van der Waals surface area contributed by atoms with Gasteiger partial charge in [0.2, 0.25) is 5.91 Å². The monoisotopic (exact) mass is 478 g/mol. The number of aromatic hydroxyl groups is 1. The number of nitrogens with one attached hydrogen (secondary N) is 1. The van der Waals surface area contributed by atoms with Crippen LogP contribution in [0, 0.1) is 12.7 Å². The number of hydrogen-bond acceptors (Lipinski definition) is 5. The first-order chi connectivity index (χ1) is 15.6. The first kappa shape index (κ1) is 24.5. The van der Waals surface area contributed by atoms with E-state index in [1.165, 1.54) is 31.2 Å². The molecule has 0 aromatic heterocycles. The van der Waals surface area contributed by atoms with Gasteiger partial charge in [-0.2, -0.15) is 0 Å². The van der Waals surface area contributed by atoms with Gasteiger partial charge in [-0.05, 0) is 43.5 Å². The van der Waals surface area contributed by atoms with E-state index < -0.39 is 40.7 Å². The van der Waals surface area contributed by atoms with Crippen molar-refractivity contribution in [2.45, 2.75) is 43.3 Å². The molecular weight excluding hydrogens is 455 g/mol. The summed E-state index contributed by atoms with van der Waals surface area (Å²) in [4.78, 5) is 38.3. The topological polar surface area (TPSA) is 127 Å². The summed E-state index contributed by atoms with van der Waals surface area (Å²) in [6.07, 6.45) is 0.317. The van der Waals surface area contributed by atoms with Gasteiger partial charge >= 0.3 is 5.97 Å². The SMILES string of the molecule is Cc1c(O)cccc1C(=O)NC1C(Cl)CN(C(=O)CCCc2ccccc2F)[C@]1(O)C(=O)O. The number of hydrogen-bond donors (Lipinski definition) is 4. The van der Waals surface area contributed by atoms with E-state index in [2.05, 4.69) is 5.32 Å². The van der Waals surface area contributed by atoms with Crippen LogP contribution in [0.5, 0.6) is 5.75 Å². The van der Waals surface area contributed by atoms with Crippen LogP contribution in [0.4, 0.5) is 4.39 Å². The van der Waals surface area contributed by atoms with Crippen LogP contribution in [-0.4, -0.2) is 61.7 Å². The van der Waals surface area contributed by atoms with Crippen molar-refractivity contribution in [1.29, 1.82) is 0 Å². The summed E-state index contributed by atoms with van der Waals surface area (Å²) < 4.78 is 13.8. The lowest BCUT2D eigenvalue weighted by Crippen LogP contribution is -2.63. The second-order valence-corrected chi connectivity index (χ2v) is 8.46.